The number of anilines is 1. The van der Waals surface area contributed by atoms with E-state index in [1.54, 1.807) is 12.5 Å². The van der Waals surface area contributed by atoms with Gasteiger partial charge in [0.1, 0.15) is 5.69 Å². The molecule has 0 atom stereocenters. The number of nitrogens with one attached hydrogen (secondary N) is 1. The zero-order valence-electron chi connectivity index (χ0n) is 11.4. The number of hydrogen-bond donors (Lipinski definition) is 1. The van der Waals surface area contributed by atoms with Gasteiger partial charge in [-0.15, -0.1) is 0 Å². The Balaban J connectivity index is 1.85. The predicted octanol–water partition coefficient (Wildman–Crippen LogP) is 1.71. The summed E-state index contributed by atoms with van der Waals surface area (Å²) in [5.41, 5.74) is 0.647. The summed E-state index contributed by atoms with van der Waals surface area (Å²) >= 11 is 1.27. The van der Waals surface area contributed by atoms with Gasteiger partial charge in [-0.05, 0) is 24.5 Å². The zero-order chi connectivity index (χ0) is 13.7. The molecule has 1 fully saturated rings. The Morgan fingerprint density at radius 2 is 2.21 bits per heavy atom. The van der Waals surface area contributed by atoms with E-state index in [2.05, 4.69) is 21.5 Å². The number of ether oxygens (including phenoxy) is 1. The maximum atomic E-state index is 12.1. The van der Waals surface area contributed by atoms with Crippen LogP contribution in [0.2, 0.25) is 0 Å². The summed E-state index contributed by atoms with van der Waals surface area (Å²) in [5, 5.41) is 4.63. The van der Waals surface area contributed by atoms with Crippen LogP contribution in [0.15, 0.2) is 5.38 Å². The van der Waals surface area contributed by atoms with Crippen molar-refractivity contribution in [2.75, 3.05) is 45.2 Å². The number of carbonyl (C=O) groups is 1. The van der Waals surface area contributed by atoms with Crippen LogP contribution in [0.25, 0.3) is 0 Å². The molecule has 2 rings (SSSR count). The van der Waals surface area contributed by atoms with Crippen molar-refractivity contribution >= 4 is 23.3 Å². The molecule has 19 heavy (non-hydrogen) atoms. The van der Waals surface area contributed by atoms with Crippen LogP contribution in [0.3, 0.4) is 0 Å². The third-order valence-corrected chi connectivity index (χ3v) is 3.78. The van der Waals surface area contributed by atoms with Crippen molar-refractivity contribution in [3.63, 3.8) is 0 Å². The minimum absolute atomic E-state index is 0.0744. The topological polar surface area (TPSA) is 57.7 Å². The number of aromatic nitrogens is 1. The molecule has 0 spiro atoms. The third-order valence-electron chi connectivity index (χ3n) is 3.17. The smallest absolute Gasteiger partial charge is 0.322 e. The second kappa shape index (κ2) is 6.72. The van der Waals surface area contributed by atoms with Crippen LogP contribution in [0.4, 0.5) is 10.5 Å². The van der Waals surface area contributed by atoms with E-state index in [-0.39, 0.29) is 6.03 Å². The molecule has 6 nitrogen and oxygen atoms in total. The second-order valence-corrected chi connectivity index (χ2v) is 5.13. The van der Waals surface area contributed by atoms with Gasteiger partial charge in [0.05, 0.1) is 7.11 Å². The first-order valence-electron chi connectivity index (χ1n) is 6.51. The average Bonchev–Trinajstić information content (AvgIpc) is 2.87. The number of nitrogens with zero attached hydrogens (tertiary/aromatic N) is 3. The van der Waals surface area contributed by atoms with Crippen molar-refractivity contribution < 1.29 is 9.53 Å². The molecule has 1 N–H and O–H groups in total. The molecule has 0 saturated carbocycles. The lowest BCUT2D eigenvalue weighted by Crippen LogP contribution is -2.50. The standard InChI is InChI=1S/C12H20N4O2S/c1-3-4-15-5-7-16(8-6-15)12(17)13-10-9-19-14-11(10)18-2/h9H,3-8H2,1-2H3,(H,13,17). The summed E-state index contributed by atoms with van der Waals surface area (Å²) < 4.78 is 9.13. The van der Waals surface area contributed by atoms with Gasteiger partial charge in [0.25, 0.3) is 0 Å². The molecule has 7 heteroatoms. The minimum atomic E-state index is -0.0744. The van der Waals surface area contributed by atoms with Crippen LogP contribution in [-0.2, 0) is 0 Å². The lowest BCUT2D eigenvalue weighted by molar-refractivity contribution is 0.147. The van der Waals surface area contributed by atoms with Gasteiger partial charge in [0.2, 0.25) is 5.88 Å². The Morgan fingerprint density at radius 1 is 1.47 bits per heavy atom. The van der Waals surface area contributed by atoms with Gasteiger partial charge >= 0.3 is 6.03 Å². The van der Waals surface area contributed by atoms with E-state index in [0.717, 1.165) is 39.1 Å². The van der Waals surface area contributed by atoms with Crippen molar-refractivity contribution in [1.82, 2.24) is 14.2 Å². The van der Waals surface area contributed by atoms with Crippen molar-refractivity contribution in [3.05, 3.63) is 5.38 Å². The van der Waals surface area contributed by atoms with Gasteiger partial charge in [-0.3, -0.25) is 4.90 Å². The fourth-order valence-corrected chi connectivity index (χ4v) is 2.73. The molecule has 0 aliphatic carbocycles. The molecule has 1 aromatic heterocycles. The van der Waals surface area contributed by atoms with Crippen LogP contribution >= 0.6 is 11.5 Å². The van der Waals surface area contributed by atoms with Crippen LogP contribution in [0.5, 0.6) is 5.88 Å². The lowest BCUT2D eigenvalue weighted by atomic mass is 10.3. The van der Waals surface area contributed by atoms with Crippen LogP contribution in [-0.4, -0.2) is 60.0 Å². The van der Waals surface area contributed by atoms with E-state index in [4.69, 9.17) is 4.74 Å². The molecule has 1 aliphatic rings. The maximum absolute atomic E-state index is 12.1. The summed E-state index contributed by atoms with van der Waals surface area (Å²) in [6.07, 6.45) is 1.16. The highest BCUT2D eigenvalue weighted by atomic mass is 32.1. The number of hydrogen-bond acceptors (Lipinski definition) is 5. The molecule has 0 unspecified atom stereocenters. The van der Waals surface area contributed by atoms with E-state index in [9.17, 15) is 4.79 Å². The number of amides is 2. The van der Waals surface area contributed by atoms with Crippen LogP contribution in [0.1, 0.15) is 13.3 Å². The quantitative estimate of drug-likeness (QED) is 0.914. The molecular weight excluding hydrogens is 264 g/mol. The number of rotatable bonds is 4. The molecule has 106 valence electrons. The van der Waals surface area contributed by atoms with E-state index >= 15 is 0 Å². The first-order valence-corrected chi connectivity index (χ1v) is 7.35. The fraction of sp³-hybridized carbons (Fsp3) is 0.667. The Bertz CT molecular complexity index is 416. The molecule has 1 saturated heterocycles. The highest BCUT2D eigenvalue weighted by Gasteiger charge is 2.21. The van der Waals surface area contributed by atoms with Gasteiger partial charge in [-0.2, -0.15) is 4.37 Å². The highest BCUT2D eigenvalue weighted by molar-refractivity contribution is 7.04. The first kappa shape index (κ1) is 14.1. The summed E-state index contributed by atoms with van der Waals surface area (Å²) in [5.74, 6) is 0.475. The lowest BCUT2D eigenvalue weighted by Gasteiger charge is -2.34. The van der Waals surface area contributed by atoms with Gasteiger partial charge in [0.15, 0.2) is 0 Å². The Labute approximate surface area is 117 Å². The Morgan fingerprint density at radius 3 is 2.84 bits per heavy atom. The molecule has 2 amide bonds. The van der Waals surface area contributed by atoms with Crippen molar-refractivity contribution in [2.45, 2.75) is 13.3 Å². The van der Waals surface area contributed by atoms with Crippen molar-refractivity contribution in [2.24, 2.45) is 0 Å². The summed E-state index contributed by atoms with van der Waals surface area (Å²) in [4.78, 5) is 16.3. The van der Waals surface area contributed by atoms with Crippen molar-refractivity contribution in [1.29, 1.82) is 0 Å². The molecule has 2 heterocycles. The third kappa shape index (κ3) is 3.57. The fourth-order valence-electron chi connectivity index (χ4n) is 2.14. The van der Waals surface area contributed by atoms with Gasteiger partial charge in [-0.1, -0.05) is 6.92 Å². The van der Waals surface area contributed by atoms with E-state index in [0.29, 0.717) is 11.6 Å². The number of methoxy groups -OCH3 is 1. The molecule has 1 aliphatic heterocycles. The Kier molecular flexibility index (Phi) is 4.98. The minimum Gasteiger partial charge on any atom is -0.479 e. The highest BCUT2D eigenvalue weighted by Crippen LogP contribution is 2.24. The van der Waals surface area contributed by atoms with E-state index in [1.807, 2.05) is 4.90 Å². The van der Waals surface area contributed by atoms with Crippen molar-refractivity contribution in [3.8, 4) is 5.88 Å². The van der Waals surface area contributed by atoms with E-state index < -0.39 is 0 Å². The molecule has 0 bridgehead atoms. The normalized spacial score (nSPS) is 16.4. The average molecular weight is 284 g/mol. The van der Waals surface area contributed by atoms with E-state index in [1.165, 1.54) is 11.5 Å². The number of urea groups is 1. The SMILES string of the molecule is CCCN1CCN(C(=O)Nc2csnc2OC)CC1. The number of carbonyl (C=O) groups excluding carboxylic acids is 1. The Hall–Kier alpha value is -1.34. The van der Waals surface area contributed by atoms with Gasteiger partial charge < -0.3 is 15.0 Å². The predicted molar refractivity (Wildman–Crippen MR) is 76.0 cm³/mol. The molecular formula is C12H20N4O2S. The largest absolute Gasteiger partial charge is 0.479 e. The summed E-state index contributed by atoms with van der Waals surface area (Å²) in [6, 6.07) is -0.0744. The molecule has 0 aromatic carbocycles. The van der Waals surface area contributed by atoms with Crippen LogP contribution in [0, 0.1) is 0 Å². The second-order valence-electron chi connectivity index (χ2n) is 4.50. The van der Waals surface area contributed by atoms with Gasteiger partial charge in [-0.25, -0.2) is 4.79 Å². The van der Waals surface area contributed by atoms with Crippen LogP contribution < -0.4 is 10.1 Å². The summed E-state index contributed by atoms with van der Waals surface area (Å²) in [6.45, 7) is 6.71. The first-order chi connectivity index (χ1) is 9.24. The maximum Gasteiger partial charge on any atom is 0.322 e. The summed E-state index contributed by atoms with van der Waals surface area (Å²) in [7, 11) is 1.55. The molecule has 1 aromatic rings. The molecule has 0 radical (unpaired) electrons. The number of piperazine rings is 1. The van der Waals surface area contributed by atoms with Gasteiger partial charge in [0, 0.05) is 31.6 Å². The monoisotopic (exact) mass is 284 g/mol. The zero-order valence-corrected chi connectivity index (χ0v) is 12.2.